The molecule has 0 aliphatic rings. The fourth-order valence-electron chi connectivity index (χ4n) is 2.12. The van der Waals surface area contributed by atoms with Crippen LogP contribution in [0.1, 0.15) is 5.89 Å². The molecule has 0 bridgehead atoms. The zero-order chi connectivity index (χ0) is 18.5. The van der Waals surface area contributed by atoms with Gasteiger partial charge in [0.05, 0.1) is 16.5 Å². The molecule has 1 N–H and O–H groups in total. The number of nitrogens with zero attached hydrogens (tertiary/aromatic N) is 2. The molecule has 1 aromatic heterocycles. The molecule has 1 heterocycles. The Labute approximate surface area is 156 Å². The second-order valence-corrected chi connectivity index (χ2v) is 6.58. The quantitative estimate of drug-likeness (QED) is 0.663. The zero-order valence-electron chi connectivity index (χ0n) is 13.2. The highest BCUT2D eigenvalue weighted by molar-refractivity contribution is 7.99. The molecule has 26 heavy (non-hydrogen) atoms. The summed E-state index contributed by atoms with van der Waals surface area (Å²) < 4.78 is 31.3. The number of hydrogen-bond acceptors (Lipinski definition) is 5. The summed E-state index contributed by atoms with van der Waals surface area (Å²) in [6.45, 7) is 0. The largest absolute Gasteiger partial charge is 0.338 e. The fourth-order valence-corrected chi connectivity index (χ4v) is 2.99. The van der Waals surface area contributed by atoms with E-state index in [-0.39, 0.29) is 11.4 Å². The van der Waals surface area contributed by atoms with Crippen LogP contribution in [0, 0.1) is 11.6 Å². The van der Waals surface area contributed by atoms with Crippen LogP contribution in [0.5, 0.6) is 0 Å². The highest BCUT2D eigenvalue weighted by Gasteiger charge is 2.12. The van der Waals surface area contributed by atoms with Crippen molar-refractivity contribution in [1.82, 2.24) is 10.1 Å². The van der Waals surface area contributed by atoms with Crippen molar-refractivity contribution < 1.29 is 18.1 Å². The standard InChI is InChI=1S/C17H12ClF2N3O2S/c18-14-4-2-1-3-13(14)17-22-16(25-23-17)9-26-8-15(24)21-12-6-10(19)5-11(20)7-12/h1-7H,8-9H2,(H,21,24). The first-order valence-electron chi connectivity index (χ1n) is 7.42. The summed E-state index contributed by atoms with van der Waals surface area (Å²) in [5.74, 6) is -0.840. The van der Waals surface area contributed by atoms with Gasteiger partial charge >= 0.3 is 0 Å². The Morgan fingerprint density at radius 1 is 1.19 bits per heavy atom. The Hall–Kier alpha value is -2.45. The number of nitrogens with one attached hydrogen (secondary N) is 1. The predicted molar refractivity (Wildman–Crippen MR) is 95.9 cm³/mol. The molecule has 3 rings (SSSR count). The number of aromatic nitrogens is 2. The number of benzene rings is 2. The SMILES string of the molecule is O=C(CSCc1nc(-c2ccccc2Cl)no1)Nc1cc(F)cc(F)c1. The van der Waals surface area contributed by atoms with E-state index in [2.05, 4.69) is 15.5 Å². The first kappa shape index (κ1) is 18.3. The Morgan fingerprint density at radius 3 is 2.65 bits per heavy atom. The van der Waals surface area contributed by atoms with Gasteiger partial charge in [-0.15, -0.1) is 11.8 Å². The molecular formula is C17H12ClF2N3O2S. The molecule has 2 aromatic carbocycles. The first-order valence-corrected chi connectivity index (χ1v) is 8.96. The van der Waals surface area contributed by atoms with Gasteiger partial charge in [0.15, 0.2) is 0 Å². The molecule has 5 nitrogen and oxygen atoms in total. The fraction of sp³-hybridized carbons (Fsp3) is 0.118. The molecule has 134 valence electrons. The van der Waals surface area contributed by atoms with Crippen LogP contribution in [0.2, 0.25) is 5.02 Å². The number of thioether (sulfide) groups is 1. The summed E-state index contributed by atoms with van der Waals surface area (Å²) >= 11 is 7.31. The molecule has 0 saturated heterocycles. The summed E-state index contributed by atoms with van der Waals surface area (Å²) in [4.78, 5) is 16.1. The average Bonchev–Trinajstić information content (AvgIpc) is 3.03. The minimum atomic E-state index is -0.758. The van der Waals surface area contributed by atoms with Gasteiger partial charge in [-0.25, -0.2) is 8.78 Å². The van der Waals surface area contributed by atoms with Crippen LogP contribution in [-0.4, -0.2) is 21.8 Å². The van der Waals surface area contributed by atoms with E-state index < -0.39 is 17.5 Å². The number of carbonyl (C=O) groups is 1. The van der Waals surface area contributed by atoms with Gasteiger partial charge in [-0.05, 0) is 24.3 Å². The topological polar surface area (TPSA) is 68.0 Å². The predicted octanol–water partition coefficient (Wildman–Crippen LogP) is 4.54. The Morgan fingerprint density at radius 2 is 1.92 bits per heavy atom. The van der Waals surface area contributed by atoms with Gasteiger partial charge in [0, 0.05) is 17.3 Å². The lowest BCUT2D eigenvalue weighted by molar-refractivity contribution is -0.113. The van der Waals surface area contributed by atoms with Crippen molar-refractivity contribution in [3.8, 4) is 11.4 Å². The number of anilines is 1. The third-order valence-corrected chi connectivity index (χ3v) is 4.43. The van der Waals surface area contributed by atoms with Crippen LogP contribution in [0.3, 0.4) is 0 Å². The zero-order valence-corrected chi connectivity index (χ0v) is 14.8. The summed E-state index contributed by atoms with van der Waals surface area (Å²) in [7, 11) is 0. The molecule has 0 aliphatic heterocycles. The van der Waals surface area contributed by atoms with Crippen LogP contribution in [0.25, 0.3) is 11.4 Å². The smallest absolute Gasteiger partial charge is 0.236 e. The molecule has 0 fully saturated rings. The van der Waals surface area contributed by atoms with Gasteiger partial charge in [0.2, 0.25) is 17.6 Å². The van der Waals surface area contributed by atoms with E-state index in [4.69, 9.17) is 16.1 Å². The van der Waals surface area contributed by atoms with Crippen molar-refractivity contribution >= 4 is 35.0 Å². The van der Waals surface area contributed by atoms with Crippen LogP contribution in [-0.2, 0) is 10.5 Å². The second-order valence-electron chi connectivity index (χ2n) is 5.19. The van der Waals surface area contributed by atoms with Crippen LogP contribution >= 0.6 is 23.4 Å². The second kappa shape index (κ2) is 8.29. The number of halogens is 3. The van der Waals surface area contributed by atoms with Gasteiger partial charge in [-0.1, -0.05) is 28.9 Å². The van der Waals surface area contributed by atoms with Gasteiger partial charge < -0.3 is 9.84 Å². The van der Waals surface area contributed by atoms with E-state index in [1.54, 1.807) is 18.2 Å². The molecule has 1 amide bonds. The molecule has 3 aromatic rings. The van der Waals surface area contributed by atoms with Gasteiger partial charge in [-0.2, -0.15) is 4.98 Å². The molecule has 9 heteroatoms. The minimum Gasteiger partial charge on any atom is -0.338 e. The van der Waals surface area contributed by atoms with E-state index in [0.29, 0.717) is 28.1 Å². The van der Waals surface area contributed by atoms with Crippen LogP contribution in [0.4, 0.5) is 14.5 Å². The van der Waals surface area contributed by atoms with E-state index >= 15 is 0 Å². The molecule has 0 atom stereocenters. The number of amides is 1. The third-order valence-electron chi connectivity index (χ3n) is 3.19. The van der Waals surface area contributed by atoms with E-state index in [0.717, 1.165) is 18.2 Å². The number of hydrogen-bond donors (Lipinski definition) is 1. The Kier molecular flexibility index (Phi) is 5.85. The van der Waals surface area contributed by atoms with Crippen molar-refractivity contribution in [3.63, 3.8) is 0 Å². The number of carbonyl (C=O) groups excluding carboxylic acids is 1. The van der Waals surface area contributed by atoms with Crippen molar-refractivity contribution in [2.45, 2.75) is 5.75 Å². The lowest BCUT2D eigenvalue weighted by Crippen LogP contribution is -2.14. The molecule has 0 unspecified atom stereocenters. The molecule has 0 radical (unpaired) electrons. The van der Waals surface area contributed by atoms with E-state index in [9.17, 15) is 13.6 Å². The summed E-state index contributed by atoms with van der Waals surface area (Å²) in [5, 5.41) is 6.80. The highest BCUT2D eigenvalue weighted by atomic mass is 35.5. The molecule has 0 aliphatic carbocycles. The van der Waals surface area contributed by atoms with Crippen molar-refractivity contribution in [2.75, 3.05) is 11.1 Å². The molecule has 0 spiro atoms. The van der Waals surface area contributed by atoms with Crippen molar-refractivity contribution in [2.24, 2.45) is 0 Å². The average molecular weight is 396 g/mol. The van der Waals surface area contributed by atoms with Crippen LogP contribution in [0.15, 0.2) is 47.0 Å². The maximum absolute atomic E-state index is 13.1. The van der Waals surface area contributed by atoms with Gasteiger partial charge in [0.25, 0.3) is 0 Å². The van der Waals surface area contributed by atoms with Crippen molar-refractivity contribution in [1.29, 1.82) is 0 Å². The molecular weight excluding hydrogens is 384 g/mol. The summed E-state index contributed by atoms with van der Waals surface area (Å²) in [5.41, 5.74) is 0.715. The van der Waals surface area contributed by atoms with Crippen molar-refractivity contribution in [3.05, 3.63) is 65.0 Å². The summed E-state index contributed by atoms with van der Waals surface area (Å²) in [6, 6.07) is 9.92. The normalized spacial score (nSPS) is 10.7. The maximum atomic E-state index is 13.1. The maximum Gasteiger partial charge on any atom is 0.236 e. The van der Waals surface area contributed by atoms with Crippen LogP contribution < -0.4 is 5.32 Å². The van der Waals surface area contributed by atoms with Gasteiger partial charge in [0.1, 0.15) is 11.6 Å². The van der Waals surface area contributed by atoms with Gasteiger partial charge in [-0.3, -0.25) is 4.79 Å². The minimum absolute atomic E-state index is 0.0575. The highest BCUT2D eigenvalue weighted by Crippen LogP contribution is 2.25. The van der Waals surface area contributed by atoms with E-state index in [1.807, 2.05) is 6.07 Å². The number of rotatable bonds is 6. The lowest BCUT2D eigenvalue weighted by Gasteiger charge is -2.04. The Balaban J connectivity index is 1.52. The van der Waals surface area contributed by atoms with E-state index in [1.165, 1.54) is 11.8 Å². The first-order chi connectivity index (χ1) is 12.5. The molecule has 0 saturated carbocycles. The lowest BCUT2D eigenvalue weighted by atomic mass is 10.2. The Bertz CT molecular complexity index is 916. The third kappa shape index (κ3) is 4.80. The summed E-state index contributed by atoms with van der Waals surface area (Å²) in [6.07, 6.45) is 0. The monoisotopic (exact) mass is 395 g/mol.